The summed E-state index contributed by atoms with van der Waals surface area (Å²) in [5.74, 6) is 1.93. The number of aliphatic carboxylic acids is 1. The minimum absolute atomic E-state index is 0.434. The maximum absolute atomic E-state index is 10.4. The lowest BCUT2D eigenvalue weighted by Gasteiger charge is -2.32. The molecule has 1 atom stereocenters. The molecule has 0 amide bonds. The molecule has 1 aromatic rings. The Hall–Kier alpha value is -1.56. The van der Waals surface area contributed by atoms with Crippen LogP contribution in [0.5, 0.6) is 0 Å². The summed E-state index contributed by atoms with van der Waals surface area (Å²) in [5.41, 5.74) is 0.695. The van der Waals surface area contributed by atoms with Crippen molar-refractivity contribution >= 4 is 29.8 Å². The van der Waals surface area contributed by atoms with Crippen LogP contribution >= 0.6 is 11.8 Å². The molecular formula is C12H15N3O2S. The lowest BCUT2D eigenvalue weighted by molar-refractivity contribution is -0.131. The van der Waals surface area contributed by atoms with E-state index in [-0.39, 0.29) is 0 Å². The van der Waals surface area contributed by atoms with Gasteiger partial charge in [-0.05, 0) is 13.0 Å². The molecule has 2 rings (SSSR count). The van der Waals surface area contributed by atoms with E-state index < -0.39 is 5.97 Å². The number of carbonyl (C=O) groups is 1. The van der Waals surface area contributed by atoms with E-state index in [1.54, 1.807) is 12.4 Å². The first-order valence-electron chi connectivity index (χ1n) is 5.74. The lowest BCUT2D eigenvalue weighted by atomic mass is 10.3. The molecule has 2 heterocycles. The van der Waals surface area contributed by atoms with Crippen LogP contribution in [0.2, 0.25) is 0 Å². The van der Waals surface area contributed by atoms with Crippen LogP contribution in [0.3, 0.4) is 0 Å². The Bertz CT molecular complexity index is 447. The van der Waals surface area contributed by atoms with E-state index in [1.165, 1.54) is 6.08 Å². The van der Waals surface area contributed by atoms with Crippen LogP contribution in [0.25, 0.3) is 6.08 Å². The summed E-state index contributed by atoms with van der Waals surface area (Å²) in [7, 11) is 0. The molecule has 1 N–H and O–H groups in total. The Kier molecular flexibility index (Phi) is 4.19. The Morgan fingerprint density at radius 2 is 2.28 bits per heavy atom. The van der Waals surface area contributed by atoms with Crippen molar-refractivity contribution in [1.82, 2.24) is 9.97 Å². The molecule has 1 unspecified atom stereocenters. The zero-order valence-electron chi connectivity index (χ0n) is 10.1. The van der Waals surface area contributed by atoms with Crippen LogP contribution in [0, 0.1) is 0 Å². The van der Waals surface area contributed by atoms with Crippen molar-refractivity contribution in [2.75, 3.05) is 23.0 Å². The molecule has 96 valence electrons. The Labute approximate surface area is 110 Å². The molecule has 1 saturated heterocycles. The first kappa shape index (κ1) is 12.9. The maximum atomic E-state index is 10.4. The van der Waals surface area contributed by atoms with Crippen molar-refractivity contribution in [3.8, 4) is 0 Å². The van der Waals surface area contributed by atoms with Crippen molar-refractivity contribution in [3.05, 3.63) is 24.0 Å². The summed E-state index contributed by atoms with van der Waals surface area (Å²) in [6, 6.07) is 0.434. The molecular weight excluding hydrogens is 250 g/mol. The summed E-state index contributed by atoms with van der Waals surface area (Å²) >= 11 is 1.94. The fourth-order valence-corrected chi connectivity index (χ4v) is 2.77. The smallest absolute Gasteiger partial charge is 0.328 e. The van der Waals surface area contributed by atoms with Crippen LogP contribution < -0.4 is 4.90 Å². The predicted molar refractivity (Wildman–Crippen MR) is 72.8 cm³/mol. The van der Waals surface area contributed by atoms with Gasteiger partial charge < -0.3 is 10.0 Å². The third-order valence-corrected chi connectivity index (χ3v) is 3.89. The maximum Gasteiger partial charge on any atom is 0.328 e. The second kappa shape index (κ2) is 5.86. The van der Waals surface area contributed by atoms with Gasteiger partial charge in [-0.25, -0.2) is 14.8 Å². The first-order valence-corrected chi connectivity index (χ1v) is 6.90. The number of carboxylic acids is 1. The summed E-state index contributed by atoms with van der Waals surface area (Å²) in [6.07, 6.45) is 5.87. The van der Waals surface area contributed by atoms with E-state index in [4.69, 9.17) is 5.11 Å². The molecule has 1 fully saturated rings. The summed E-state index contributed by atoms with van der Waals surface area (Å²) in [4.78, 5) is 21.2. The molecule has 0 radical (unpaired) electrons. The molecule has 6 heteroatoms. The normalized spacial score (nSPS) is 20.3. The predicted octanol–water partition coefficient (Wildman–Crippen LogP) is 1.52. The van der Waals surface area contributed by atoms with Crippen molar-refractivity contribution in [1.29, 1.82) is 0 Å². The van der Waals surface area contributed by atoms with E-state index in [9.17, 15) is 4.79 Å². The van der Waals surface area contributed by atoms with Crippen molar-refractivity contribution in [2.24, 2.45) is 0 Å². The highest BCUT2D eigenvalue weighted by atomic mass is 32.2. The quantitative estimate of drug-likeness (QED) is 0.836. The molecule has 1 aliphatic rings. The van der Waals surface area contributed by atoms with Crippen LogP contribution in [0.4, 0.5) is 5.95 Å². The fourth-order valence-electron chi connectivity index (χ4n) is 1.76. The van der Waals surface area contributed by atoms with Gasteiger partial charge in [0, 0.05) is 48.1 Å². The third-order valence-electron chi connectivity index (χ3n) is 2.70. The minimum atomic E-state index is -0.972. The number of hydrogen-bond acceptors (Lipinski definition) is 5. The first-order chi connectivity index (χ1) is 8.66. The Morgan fingerprint density at radius 3 is 2.89 bits per heavy atom. The number of carboxylic acid groups (broad SMARTS) is 1. The van der Waals surface area contributed by atoms with Crippen LogP contribution in [0.15, 0.2) is 18.5 Å². The van der Waals surface area contributed by atoms with Gasteiger partial charge in [-0.3, -0.25) is 0 Å². The van der Waals surface area contributed by atoms with Gasteiger partial charge >= 0.3 is 5.97 Å². The van der Waals surface area contributed by atoms with Gasteiger partial charge in [-0.2, -0.15) is 11.8 Å². The summed E-state index contributed by atoms with van der Waals surface area (Å²) in [5, 5.41) is 8.53. The monoisotopic (exact) mass is 265 g/mol. The Morgan fingerprint density at radius 1 is 1.56 bits per heavy atom. The molecule has 0 aromatic carbocycles. The Balaban J connectivity index is 2.09. The van der Waals surface area contributed by atoms with Crippen molar-refractivity contribution in [2.45, 2.75) is 13.0 Å². The van der Waals surface area contributed by atoms with E-state index in [1.807, 2.05) is 11.8 Å². The lowest BCUT2D eigenvalue weighted by Crippen LogP contribution is -2.41. The molecule has 1 aromatic heterocycles. The van der Waals surface area contributed by atoms with E-state index in [0.717, 1.165) is 30.1 Å². The minimum Gasteiger partial charge on any atom is -0.478 e. The molecule has 0 spiro atoms. The molecule has 18 heavy (non-hydrogen) atoms. The van der Waals surface area contributed by atoms with E-state index in [2.05, 4.69) is 21.8 Å². The van der Waals surface area contributed by atoms with Gasteiger partial charge in [0.1, 0.15) is 0 Å². The number of nitrogens with zero attached hydrogens (tertiary/aromatic N) is 3. The molecule has 5 nitrogen and oxygen atoms in total. The van der Waals surface area contributed by atoms with Gasteiger partial charge in [0.15, 0.2) is 0 Å². The highest BCUT2D eigenvalue weighted by molar-refractivity contribution is 7.99. The summed E-state index contributed by atoms with van der Waals surface area (Å²) < 4.78 is 0. The van der Waals surface area contributed by atoms with Gasteiger partial charge in [-0.15, -0.1) is 0 Å². The SMILES string of the molecule is CC1CSCCN1c1ncc(/C=C/C(=O)O)cn1. The zero-order valence-corrected chi connectivity index (χ0v) is 10.9. The highest BCUT2D eigenvalue weighted by Gasteiger charge is 2.20. The fraction of sp³-hybridized carbons (Fsp3) is 0.417. The number of aromatic nitrogens is 2. The summed E-state index contributed by atoms with van der Waals surface area (Å²) in [6.45, 7) is 3.11. The van der Waals surface area contributed by atoms with Gasteiger partial charge in [-0.1, -0.05) is 0 Å². The highest BCUT2D eigenvalue weighted by Crippen LogP contribution is 2.20. The van der Waals surface area contributed by atoms with Crippen molar-refractivity contribution < 1.29 is 9.90 Å². The molecule has 0 bridgehead atoms. The van der Waals surface area contributed by atoms with E-state index >= 15 is 0 Å². The van der Waals surface area contributed by atoms with Crippen molar-refractivity contribution in [3.63, 3.8) is 0 Å². The van der Waals surface area contributed by atoms with Gasteiger partial charge in [0.25, 0.3) is 0 Å². The molecule has 0 saturated carbocycles. The number of anilines is 1. The van der Waals surface area contributed by atoms with Crippen LogP contribution in [-0.2, 0) is 4.79 Å². The number of thioether (sulfide) groups is 1. The largest absolute Gasteiger partial charge is 0.478 e. The third kappa shape index (κ3) is 3.22. The van der Waals surface area contributed by atoms with Gasteiger partial charge in [0.2, 0.25) is 5.95 Å². The number of rotatable bonds is 3. The van der Waals surface area contributed by atoms with Crippen LogP contribution in [-0.4, -0.2) is 45.1 Å². The zero-order chi connectivity index (χ0) is 13.0. The average molecular weight is 265 g/mol. The standard InChI is InChI=1S/C12H15N3O2S/c1-9-8-18-5-4-15(9)12-13-6-10(7-14-12)2-3-11(16)17/h2-3,6-7,9H,4-5,8H2,1H3,(H,16,17)/b3-2+. The average Bonchev–Trinajstić information content (AvgIpc) is 2.38. The van der Waals surface area contributed by atoms with E-state index in [0.29, 0.717) is 11.6 Å². The second-order valence-electron chi connectivity index (χ2n) is 4.11. The molecule has 1 aliphatic heterocycles. The number of hydrogen-bond donors (Lipinski definition) is 1. The topological polar surface area (TPSA) is 66.3 Å². The molecule has 0 aliphatic carbocycles. The second-order valence-corrected chi connectivity index (χ2v) is 5.26. The van der Waals surface area contributed by atoms with Gasteiger partial charge in [0.05, 0.1) is 0 Å². The van der Waals surface area contributed by atoms with Crippen LogP contribution in [0.1, 0.15) is 12.5 Å².